The predicted molar refractivity (Wildman–Crippen MR) is 84.6 cm³/mol. The van der Waals surface area contributed by atoms with Crippen LogP contribution in [-0.2, 0) is 22.6 Å². The average molecular weight is 307 g/mol. The highest BCUT2D eigenvalue weighted by Crippen LogP contribution is 2.25. The van der Waals surface area contributed by atoms with E-state index in [4.69, 9.17) is 9.47 Å². The summed E-state index contributed by atoms with van der Waals surface area (Å²) in [7, 11) is 1.62. The zero-order valence-electron chi connectivity index (χ0n) is 14.2. The summed E-state index contributed by atoms with van der Waals surface area (Å²) < 4.78 is 10.3. The SMILES string of the molecule is CC.COCc1ccc2c(c1)CN(C(=O)OC(C)(C)C)C2=O. The molecule has 2 amide bonds. The molecule has 0 spiro atoms. The minimum Gasteiger partial charge on any atom is -0.443 e. The van der Waals surface area contributed by atoms with Crippen molar-refractivity contribution in [2.75, 3.05) is 7.11 Å². The maximum absolute atomic E-state index is 12.2. The van der Waals surface area contributed by atoms with Crippen LogP contribution in [0.1, 0.15) is 56.1 Å². The van der Waals surface area contributed by atoms with Crippen molar-refractivity contribution in [2.24, 2.45) is 0 Å². The molecule has 0 saturated carbocycles. The summed E-state index contributed by atoms with van der Waals surface area (Å²) in [5, 5.41) is 0. The molecule has 0 unspecified atom stereocenters. The van der Waals surface area contributed by atoms with Crippen molar-refractivity contribution >= 4 is 12.0 Å². The molecule has 1 heterocycles. The number of rotatable bonds is 2. The second kappa shape index (κ2) is 7.40. The van der Waals surface area contributed by atoms with Crippen LogP contribution in [0.15, 0.2) is 18.2 Å². The van der Waals surface area contributed by atoms with E-state index < -0.39 is 11.7 Å². The lowest BCUT2D eigenvalue weighted by Crippen LogP contribution is -2.36. The fraction of sp³-hybridized carbons (Fsp3) is 0.529. The van der Waals surface area contributed by atoms with E-state index in [1.54, 1.807) is 33.9 Å². The van der Waals surface area contributed by atoms with Crippen molar-refractivity contribution in [3.63, 3.8) is 0 Å². The Hall–Kier alpha value is -1.88. The van der Waals surface area contributed by atoms with Crippen LogP contribution in [0.25, 0.3) is 0 Å². The van der Waals surface area contributed by atoms with Gasteiger partial charge in [-0.05, 0) is 38.0 Å². The van der Waals surface area contributed by atoms with Gasteiger partial charge >= 0.3 is 6.09 Å². The van der Waals surface area contributed by atoms with Gasteiger partial charge in [-0.15, -0.1) is 0 Å². The number of imide groups is 1. The number of methoxy groups -OCH3 is 1. The Kier molecular flexibility index (Phi) is 6.11. The lowest BCUT2D eigenvalue weighted by atomic mass is 10.1. The second-order valence-electron chi connectivity index (χ2n) is 5.80. The van der Waals surface area contributed by atoms with E-state index in [2.05, 4.69) is 0 Å². The number of carbonyl (C=O) groups excluding carboxylic acids is 2. The number of hydrogen-bond donors (Lipinski definition) is 0. The Morgan fingerprint density at radius 3 is 2.45 bits per heavy atom. The molecule has 5 nitrogen and oxygen atoms in total. The van der Waals surface area contributed by atoms with Crippen molar-refractivity contribution in [1.82, 2.24) is 4.90 Å². The molecule has 0 bridgehead atoms. The smallest absolute Gasteiger partial charge is 0.417 e. The summed E-state index contributed by atoms with van der Waals surface area (Å²) in [5.74, 6) is -0.307. The highest BCUT2D eigenvalue weighted by atomic mass is 16.6. The zero-order chi connectivity index (χ0) is 16.9. The number of fused-ring (bicyclic) bond motifs is 1. The predicted octanol–water partition coefficient (Wildman–Crippen LogP) is 3.75. The molecule has 0 fully saturated rings. The first-order chi connectivity index (χ1) is 10.3. The Bertz CT molecular complexity index is 546. The maximum atomic E-state index is 12.2. The Morgan fingerprint density at radius 2 is 1.91 bits per heavy atom. The summed E-state index contributed by atoms with van der Waals surface area (Å²) >= 11 is 0. The number of hydrogen-bond acceptors (Lipinski definition) is 4. The van der Waals surface area contributed by atoms with E-state index in [-0.39, 0.29) is 12.5 Å². The van der Waals surface area contributed by atoms with Crippen LogP contribution in [0.4, 0.5) is 4.79 Å². The number of carbonyl (C=O) groups is 2. The fourth-order valence-corrected chi connectivity index (χ4v) is 2.09. The number of amides is 2. The van der Waals surface area contributed by atoms with Gasteiger partial charge in [0.1, 0.15) is 5.60 Å². The summed E-state index contributed by atoms with van der Waals surface area (Å²) in [4.78, 5) is 25.3. The Balaban J connectivity index is 0.00000116. The topological polar surface area (TPSA) is 55.8 Å². The molecule has 1 aromatic carbocycles. The molecular formula is C17H25NO4. The molecule has 5 heteroatoms. The Labute approximate surface area is 132 Å². The molecule has 0 aliphatic carbocycles. The summed E-state index contributed by atoms with van der Waals surface area (Å²) in [5.41, 5.74) is 1.74. The molecule has 0 saturated heterocycles. The summed E-state index contributed by atoms with van der Waals surface area (Å²) in [6.45, 7) is 10.0. The molecule has 2 rings (SSSR count). The van der Waals surface area contributed by atoms with Gasteiger partial charge in [0.2, 0.25) is 0 Å². The number of benzene rings is 1. The normalized spacial score (nSPS) is 13.4. The highest BCUT2D eigenvalue weighted by Gasteiger charge is 2.34. The lowest BCUT2D eigenvalue weighted by molar-refractivity contribution is 0.0248. The third-order valence-electron chi connectivity index (χ3n) is 2.90. The van der Waals surface area contributed by atoms with E-state index in [1.807, 2.05) is 26.0 Å². The van der Waals surface area contributed by atoms with Crippen molar-refractivity contribution in [1.29, 1.82) is 0 Å². The van der Waals surface area contributed by atoms with Crippen LogP contribution in [-0.4, -0.2) is 29.6 Å². The third kappa shape index (κ3) is 4.31. The quantitative estimate of drug-likeness (QED) is 0.835. The van der Waals surface area contributed by atoms with Gasteiger partial charge in [0.25, 0.3) is 5.91 Å². The summed E-state index contributed by atoms with van der Waals surface area (Å²) in [6, 6.07) is 5.45. The van der Waals surface area contributed by atoms with Crippen LogP contribution in [0.3, 0.4) is 0 Å². The zero-order valence-corrected chi connectivity index (χ0v) is 14.2. The number of nitrogens with zero attached hydrogens (tertiary/aromatic N) is 1. The standard InChI is InChI=1S/C15H19NO4.C2H6/c1-15(2,3)20-14(18)16-8-11-7-10(9-19-4)5-6-12(11)13(16)17;1-2/h5-7H,8-9H2,1-4H3;1-2H3. The van der Waals surface area contributed by atoms with Crippen molar-refractivity contribution in [3.8, 4) is 0 Å². The first-order valence-electron chi connectivity index (χ1n) is 7.47. The fourth-order valence-electron chi connectivity index (χ4n) is 2.09. The lowest BCUT2D eigenvalue weighted by Gasteiger charge is -2.23. The van der Waals surface area contributed by atoms with E-state index in [1.165, 1.54) is 0 Å². The molecule has 0 aromatic heterocycles. The first kappa shape index (κ1) is 18.2. The molecule has 0 atom stereocenters. The van der Waals surface area contributed by atoms with Crippen molar-refractivity contribution < 1.29 is 19.1 Å². The minimum absolute atomic E-state index is 0.251. The van der Waals surface area contributed by atoms with E-state index >= 15 is 0 Å². The van der Waals surface area contributed by atoms with E-state index in [0.29, 0.717) is 12.2 Å². The minimum atomic E-state index is -0.618. The van der Waals surface area contributed by atoms with Gasteiger partial charge < -0.3 is 9.47 Å². The molecular weight excluding hydrogens is 282 g/mol. The van der Waals surface area contributed by atoms with Gasteiger partial charge in [-0.3, -0.25) is 4.79 Å². The molecule has 122 valence electrons. The third-order valence-corrected chi connectivity index (χ3v) is 2.90. The van der Waals surface area contributed by atoms with Crippen LogP contribution in [0.2, 0.25) is 0 Å². The molecule has 1 aliphatic rings. The van der Waals surface area contributed by atoms with Crippen molar-refractivity contribution in [3.05, 3.63) is 34.9 Å². The molecule has 22 heavy (non-hydrogen) atoms. The number of ether oxygens (including phenoxy) is 2. The molecule has 0 radical (unpaired) electrons. The van der Waals surface area contributed by atoms with E-state index in [9.17, 15) is 9.59 Å². The second-order valence-corrected chi connectivity index (χ2v) is 5.80. The average Bonchev–Trinajstić information content (AvgIpc) is 2.77. The van der Waals surface area contributed by atoms with Crippen LogP contribution >= 0.6 is 0 Å². The van der Waals surface area contributed by atoms with Crippen LogP contribution < -0.4 is 0 Å². The summed E-state index contributed by atoms with van der Waals surface area (Å²) in [6.07, 6.45) is -0.605. The van der Waals surface area contributed by atoms with Crippen LogP contribution in [0.5, 0.6) is 0 Å². The van der Waals surface area contributed by atoms with Gasteiger partial charge in [-0.2, -0.15) is 0 Å². The van der Waals surface area contributed by atoms with Gasteiger partial charge in [0.15, 0.2) is 0 Å². The molecule has 0 N–H and O–H groups in total. The molecule has 1 aromatic rings. The largest absolute Gasteiger partial charge is 0.443 e. The van der Waals surface area contributed by atoms with Crippen molar-refractivity contribution in [2.45, 2.75) is 53.4 Å². The maximum Gasteiger partial charge on any atom is 0.417 e. The van der Waals surface area contributed by atoms with Gasteiger partial charge in [0.05, 0.1) is 13.2 Å². The van der Waals surface area contributed by atoms with E-state index in [0.717, 1.165) is 16.0 Å². The monoisotopic (exact) mass is 307 g/mol. The first-order valence-corrected chi connectivity index (χ1v) is 7.47. The Morgan fingerprint density at radius 1 is 1.27 bits per heavy atom. The van der Waals surface area contributed by atoms with Gasteiger partial charge in [-0.25, -0.2) is 9.69 Å². The van der Waals surface area contributed by atoms with Crippen LogP contribution in [0, 0.1) is 0 Å². The highest BCUT2D eigenvalue weighted by molar-refractivity contribution is 6.06. The molecule has 1 aliphatic heterocycles. The van der Waals surface area contributed by atoms with Gasteiger partial charge in [-0.1, -0.05) is 26.0 Å². The van der Waals surface area contributed by atoms with Gasteiger partial charge in [0, 0.05) is 12.7 Å².